The van der Waals surface area contributed by atoms with E-state index >= 15 is 0 Å². The molecule has 1 N–H and O–H groups in total. The molecule has 1 fully saturated rings. The molecule has 1 saturated heterocycles. The van der Waals surface area contributed by atoms with Crippen LogP contribution in [0.15, 0.2) is 48.5 Å². The lowest BCUT2D eigenvalue weighted by Gasteiger charge is -2.44. The third-order valence-electron chi connectivity index (χ3n) is 4.94. The van der Waals surface area contributed by atoms with Crippen LogP contribution in [-0.2, 0) is 10.2 Å². The van der Waals surface area contributed by atoms with Crippen LogP contribution < -0.4 is 5.32 Å². The van der Waals surface area contributed by atoms with Gasteiger partial charge in [0.1, 0.15) is 0 Å². The predicted octanol–water partition coefficient (Wildman–Crippen LogP) is 5.39. The average Bonchev–Trinajstić information content (AvgIpc) is 2.64. The fourth-order valence-electron chi connectivity index (χ4n) is 3.78. The maximum atomic E-state index is 6.56. The Morgan fingerprint density at radius 2 is 1.75 bits per heavy atom. The van der Waals surface area contributed by atoms with Crippen molar-refractivity contribution in [3.05, 3.63) is 69.7 Å². The van der Waals surface area contributed by atoms with Crippen molar-refractivity contribution in [3.63, 3.8) is 0 Å². The molecule has 1 unspecified atom stereocenters. The largest absolute Gasteiger partial charge is 0.373 e. The first-order chi connectivity index (χ1) is 11.7. The first-order valence-corrected chi connectivity index (χ1v) is 9.26. The standard InChI is InChI=1S/C20H23Cl2NO/c1-2-24-19(16-9-6-10-17(21)18(16)22)20(11-13-23-14-12-20)15-7-4-3-5-8-15/h3-10,19,23H,2,11-14H2,1H3. The van der Waals surface area contributed by atoms with Crippen LogP contribution in [-0.4, -0.2) is 19.7 Å². The van der Waals surface area contributed by atoms with E-state index in [9.17, 15) is 0 Å². The van der Waals surface area contributed by atoms with Crippen LogP contribution in [0, 0.1) is 0 Å². The van der Waals surface area contributed by atoms with Crippen molar-refractivity contribution in [2.45, 2.75) is 31.3 Å². The van der Waals surface area contributed by atoms with Gasteiger partial charge in [-0.15, -0.1) is 0 Å². The Labute approximate surface area is 154 Å². The van der Waals surface area contributed by atoms with E-state index in [0.29, 0.717) is 16.7 Å². The third-order valence-corrected chi connectivity index (χ3v) is 5.78. The number of halogens is 2. The van der Waals surface area contributed by atoms with E-state index in [1.54, 1.807) is 0 Å². The SMILES string of the molecule is CCOC(c1cccc(Cl)c1Cl)C1(c2ccccc2)CCNCC1. The van der Waals surface area contributed by atoms with Crippen LogP contribution in [0.2, 0.25) is 10.0 Å². The molecular formula is C20H23Cl2NO. The molecule has 2 aromatic rings. The van der Waals surface area contributed by atoms with E-state index < -0.39 is 0 Å². The van der Waals surface area contributed by atoms with E-state index in [1.807, 2.05) is 25.1 Å². The number of piperidine rings is 1. The molecule has 1 aliphatic heterocycles. The number of rotatable bonds is 5. The summed E-state index contributed by atoms with van der Waals surface area (Å²) in [6.07, 6.45) is 1.90. The second-order valence-electron chi connectivity index (χ2n) is 6.25. The highest BCUT2D eigenvalue weighted by atomic mass is 35.5. The van der Waals surface area contributed by atoms with Crippen LogP contribution in [0.5, 0.6) is 0 Å². The molecule has 4 heteroatoms. The Morgan fingerprint density at radius 1 is 1.04 bits per heavy atom. The Morgan fingerprint density at radius 3 is 2.42 bits per heavy atom. The summed E-state index contributed by atoms with van der Waals surface area (Å²) in [5, 5.41) is 4.65. The van der Waals surface area contributed by atoms with Gasteiger partial charge in [-0.05, 0) is 44.5 Å². The average molecular weight is 364 g/mol. The van der Waals surface area contributed by atoms with Crippen LogP contribution in [0.3, 0.4) is 0 Å². The highest BCUT2D eigenvalue weighted by Crippen LogP contribution is 2.48. The van der Waals surface area contributed by atoms with Gasteiger partial charge in [0.15, 0.2) is 0 Å². The quantitative estimate of drug-likeness (QED) is 0.768. The molecular weight excluding hydrogens is 341 g/mol. The van der Waals surface area contributed by atoms with Crippen LogP contribution >= 0.6 is 23.2 Å². The molecule has 0 radical (unpaired) electrons. The molecule has 3 rings (SSSR count). The van der Waals surface area contributed by atoms with Crippen LogP contribution in [0.4, 0.5) is 0 Å². The first-order valence-electron chi connectivity index (χ1n) is 8.51. The van der Waals surface area contributed by atoms with Gasteiger partial charge in [-0.3, -0.25) is 0 Å². The minimum absolute atomic E-state index is 0.100. The van der Waals surface area contributed by atoms with Gasteiger partial charge in [0, 0.05) is 17.6 Å². The Kier molecular flexibility index (Phi) is 5.83. The molecule has 1 heterocycles. The number of hydrogen-bond donors (Lipinski definition) is 1. The van der Waals surface area contributed by atoms with Gasteiger partial charge in [-0.1, -0.05) is 65.7 Å². The van der Waals surface area contributed by atoms with E-state index in [0.717, 1.165) is 31.5 Å². The number of benzene rings is 2. The molecule has 1 atom stereocenters. The van der Waals surface area contributed by atoms with Gasteiger partial charge in [0.25, 0.3) is 0 Å². The lowest BCUT2D eigenvalue weighted by atomic mass is 9.67. The van der Waals surface area contributed by atoms with Gasteiger partial charge in [0.05, 0.1) is 16.1 Å². The zero-order chi connectivity index (χ0) is 17.0. The molecule has 24 heavy (non-hydrogen) atoms. The molecule has 0 saturated carbocycles. The summed E-state index contributed by atoms with van der Waals surface area (Å²) in [5.74, 6) is 0. The van der Waals surface area contributed by atoms with Gasteiger partial charge in [0.2, 0.25) is 0 Å². The molecule has 2 aromatic carbocycles. The maximum Gasteiger partial charge on any atom is 0.0937 e. The summed E-state index contributed by atoms with van der Waals surface area (Å²) in [6.45, 7) is 4.61. The van der Waals surface area contributed by atoms with Crippen molar-refractivity contribution in [3.8, 4) is 0 Å². The monoisotopic (exact) mass is 363 g/mol. The third kappa shape index (κ3) is 3.34. The molecule has 1 aliphatic rings. The summed E-state index contributed by atoms with van der Waals surface area (Å²) in [4.78, 5) is 0. The van der Waals surface area contributed by atoms with Crippen molar-refractivity contribution >= 4 is 23.2 Å². The summed E-state index contributed by atoms with van der Waals surface area (Å²) in [7, 11) is 0. The van der Waals surface area contributed by atoms with E-state index in [-0.39, 0.29) is 11.5 Å². The second-order valence-corrected chi connectivity index (χ2v) is 7.04. The molecule has 0 aromatic heterocycles. The lowest BCUT2D eigenvalue weighted by Crippen LogP contribution is -2.45. The molecule has 0 bridgehead atoms. The number of nitrogens with one attached hydrogen (secondary N) is 1. The smallest absolute Gasteiger partial charge is 0.0937 e. The molecule has 0 amide bonds. The van der Waals surface area contributed by atoms with Crippen molar-refractivity contribution in [2.75, 3.05) is 19.7 Å². The minimum atomic E-state index is -0.113. The Bertz CT molecular complexity index is 669. The maximum absolute atomic E-state index is 6.56. The zero-order valence-corrected chi connectivity index (χ0v) is 15.4. The molecule has 0 aliphatic carbocycles. The van der Waals surface area contributed by atoms with Crippen molar-refractivity contribution in [1.82, 2.24) is 5.32 Å². The normalized spacial score (nSPS) is 18.3. The van der Waals surface area contributed by atoms with E-state index in [2.05, 4.69) is 35.6 Å². The highest BCUT2D eigenvalue weighted by Gasteiger charge is 2.43. The van der Waals surface area contributed by atoms with E-state index in [4.69, 9.17) is 27.9 Å². The van der Waals surface area contributed by atoms with Gasteiger partial charge in [-0.2, -0.15) is 0 Å². The van der Waals surface area contributed by atoms with E-state index in [1.165, 1.54) is 5.56 Å². The zero-order valence-electron chi connectivity index (χ0n) is 13.9. The first kappa shape index (κ1) is 17.8. The summed E-state index contributed by atoms with van der Waals surface area (Å²) in [5.41, 5.74) is 2.19. The van der Waals surface area contributed by atoms with Crippen molar-refractivity contribution in [2.24, 2.45) is 0 Å². The highest BCUT2D eigenvalue weighted by molar-refractivity contribution is 6.42. The molecule has 2 nitrogen and oxygen atoms in total. The molecule has 128 valence electrons. The van der Waals surface area contributed by atoms with Crippen molar-refractivity contribution in [1.29, 1.82) is 0 Å². The second kappa shape index (κ2) is 7.88. The number of hydrogen-bond acceptors (Lipinski definition) is 2. The Hall–Kier alpha value is -1.06. The number of ether oxygens (including phenoxy) is 1. The van der Waals surface area contributed by atoms with Gasteiger partial charge >= 0.3 is 0 Å². The summed E-state index contributed by atoms with van der Waals surface area (Å²) >= 11 is 12.9. The Balaban J connectivity index is 2.13. The predicted molar refractivity (Wildman–Crippen MR) is 101 cm³/mol. The van der Waals surface area contributed by atoms with Crippen LogP contribution in [0.25, 0.3) is 0 Å². The molecule has 0 spiro atoms. The lowest BCUT2D eigenvalue weighted by molar-refractivity contribution is -0.0130. The van der Waals surface area contributed by atoms with Gasteiger partial charge < -0.3 is 10.1 Å². The minimum Gasteiger partial charge on any atom is -0.373 e. The fourth-order valence-corrected chi connectivity index (χ4v) is 4.19. The van der Waals surface area contributed by atoms with Crippen molar-refractivity contribution < 1.29 is 4.74 Å². The van der Waals surface area contributed by atoms with Crippen LogP contribution in [0.1, 0.15) is 37.0 Å². The summed E-state index contributed by atoms with van der Waals surface area (Å²) < 4.78 is 6.29. The topological polar surface area (TPSA) is 21.3 Å². The fraction of sp³-hybridized carbons (Fsp3) is 0.400. The van der Waals surface area contributed by atoms with Gasteiger partial charge in [-0.25, -0.2) is 0 Å². The summed E-state index contributed by atoms with van der Waals surface area (Å²) in [6, 6.07) is 16.5.